The summed E-state index contributed by atoms with van der Waals surface area (Å²) in [6.07, 6.45) is 2.95. The molecule has 16 heavy (non-hydrogen) atoms. The van der Waals surface area contributed by atoms with Crippen molar-refractivity contribution in [3.05, 3.63) is 11.8 Å². The zero-order chi connectivity index (χ0) is 11.3. The van der Waals surface area contributed by atoms with Crippen LogP contribution in [0.4, 0.5) is 0 Å². The lowest BCUT2D eigenvalue weighted by Gasteiger charge is -2.39. The second-order valence-corrected chi connectivity index (χ2v) is 4.96. The molecule has 3 rings (SSSR count). The fourth-order valence-electron chi connectivity index (χ4n) is 3.22. The van der Waals surface area contributed by atoms with Gasteiger partial charge in [0, 0.05) is 24.0 Å². The number of allylic oxidation sites excluding steroid dienone is 1. The van der Waals surface area contributed by atoms with Gasteiger partial charge < -0.3 is 10.1 Å². The molecule has 4 unspecified atom stereocenters. The fourth-order valence-corrected chi connectivity index (χ4v) is 3.22. The van der Waals surface area contributed by atoms with Crippen LogP contribution in [-0.2, 0) is 14.3 Å². The highest BCUT2D eigenvalue weighted by Gasteiger charge is 2.48. The summed E-state index contributed by atoms with van der Waals surface area (Å²) in [6, 6.07) is 0.173. The lowest BCUT2D eigenvalue weighted by Crippen LogP contribution is -2.50. The van der Waals surface area contributed by atoms with E-state index < -0.39 is 0 Å². The van der Waals surface area contributed by atoms with Crippen molar-refractivity contribution in [1.82, 2.24) is 5.32 Å². The monoisotopic (exact) mass is 221 g/mol. The molecular formula is C12H15NO3. The van der Waals surface area contributed by atoms with Crippen molar-refractivity contribution in [3.8, 4) is 0 Å². The highest BCUT2D eigenvalue weighted by atomic mass is 16.5. The quantitative estimate of drug-likeness (QED) is 0.697. The van der Waals surface area contributed by atoms with Crippen LogP contribution in [0.25, 0.3) is 0 Å². The molecule has 0 aromatic carbocycles. The number of carbonyl (C=O) groups is 2. The van der Waals surface area contributed by atoms with Gasteiger partial charge in [-0.05, 0) is 19.3 Å². The minimum Gasteiger partial charge on any atom is -0.500 e. The van der Waals surface area contributed by atoms with Gasteiger partial charge in [0.1, 0.15) is 0 Å². The first kappa shape index (κ1) is 10.0. The van der Waals surface area contributed by atoms with Gasteiger partial charge in [0.15, 0.2) is 11.6 Å². The first-order chi connectivity index (χ1) is 7.66. The maximum absolute atomic E-state index is 11.7. The number of rotatable bonds is 1. The first-order valence-electron chi connectivity index (χ1n) is 5.78. The molecule has 2 saturated heterocycles. The SMILES string of the molecule is CC(=O)C1=COCC2C3CC(=O)C(CC12)N3. The Balaban J connectivity index is 1.93. The Hall–Kier alpha value is -1.16. The summed E-state index contributed by atoms with van der Waals surface area (Å²) in [7, 11) is 0. The summed E-state index contributed by atoms with van der Waals surface area (Å²) in [5.41, 5.74) is 0.766. The molecule has 0 radical (unpaired) electrons. The molecule has 0 aliphatic carbocycles. The average Bonchev–Trinajstić information content (AvgIpc) is 2.55. The molecule has 3 aliphatic rings. The van der Waals surface area contributed by atoms with Gasteiger partial charge in [0.2, 0.25) is 0 Å². The third-order valence-corrected chi connectivity index (χ3v) is 4.05. The highest BCUT2D eigenvalue weighted by molar-refractivity contribution is 5.94. The number of piperidine rings is 1. The van der Waals surface area contributed by atoms with Crippen LogP contribution in [-0.4, -0.2) is 30.3 Å². The topological polar surface area (TPSA) is 55.4 Å². The third kappa shape index (κ3) is 1.33. The van der Waals surface area contributed by atoms with Gasteiger partial charge in [-0.25, -0.2) is 0 Å². The van der Waals surface area contributed by atoms with Crippen molar-refractivity contribution in [1.29, 1.82) is 0 Å². The summed E-state index contributed by atoms with van der Waals surface area (Å²) in [6.45, 7) is 2.20. The molecule has 86 valence electrons. The smallest absolute Gasteiger partial charge is 0.159 e. The van der Waals surface area contributed by atoms with Gasteiger partial charge in [-0.15, -0.1) is 0 Å². The number of ether oxygens (including phenoxy) is 1. The standard InChI is InChI=1S/C12H15NO3/c1-6(14)8-4-16-5-9-7(8)2-11-12(15)3-10(9)13-11/h4,7,9-11,13H,2-3,5H2,1H3. The maximum Gasteiger partial charge on any atom is 0.159 e. The molecule has 0 aromatic heterocycles. The molecule has 3 aliphatic heterocycles. The molecule has 4 nitrogen and oxygen atoms in total. The second-order valence-electron chi connectivity index (χ2n) is 4.96. The number of ketones is 2. The summed E-state index contributed by atoms with van der Waals surface area (Å²) >= 11 is 0. The molecule has 0 spiro atoms. The van der Waals surface area contributed by atoms with Gasteiger partial charge in [-0.2, -0.15) is 0 Å². The largest absolute Gasteiger partial charge is 0.500 e. The van der Waals surface area contributed by atoms with Gasteiger partial charge in [0.25, 0.3) is 0 Å². The van der Waals surface area contributed by atoms with Gasteiger partial charge in [-0.3, -0.25) is 9.59 Å². The van der Waals surface area contributed by atoms with E-state index in [1.807, 2.05) is 0 Å². The summed E-state index contributed by atoms with van der Waals surface area (Å²) in [5, 5.41) is 3.33. The maximum atomic E-state index is 11.7. The zero-order valence-electron chi connectivity index (χ0n) is 9.23. The second kappa shape index (κ2) is 3.42. The van der Waals surface area contributed by atoms with E-state index in [1.54, 1.807) is 13.2 Å². The van der Waals surface area contributed by atoms with Crippen molar-refractivity contribution in [2.75, 3.05) is 6.61 Å². The summed E-state index contributed by atoms with van der Waals surface area (Å²) < 4.78 is 5.36. The van der Waals surface area contributed by atoms with Crippen LogP contribution in [0, 0.1) is 11.8 Å². The normalized spacial score (nSPS) is 41.1. The van der Waals surface area contributed by atoms with E-state index in [2.05, 4.69) is 5.32 Å². The van der Waals surface area contributed by atoms with Crippen molar-refractivity contribution in [3.63, 3.8) is 0 Å². The van der Waals surface area contributed by atoms with Crippen LogP contribution < -0.4 is 5.32 Å². The van der Waals surface area contributed by atoms with Crippen LogP contribution in [0.3, 0.4) is 0 Å². The lowest BCUT2D eigenvalue weighted by atomic mass is 9.75. The van der Waals surface area contributed by atoms with Crippen molar-refractivity contribution < 1.29 is 14.3 Å². The van der Waals surface area contributed by atoms with Crippen LogP contribution in [0.2, 0.25) is 0 Å². The van der Waals surface area contributed by atoms with Gasteiger partial charge >= 0.3 is 0 Å². The van der Waals surface area contributed by atoms with Gasteiger partial charge in [-0.1, -0.05) is 0 Å². The highest BCUT2D eigenvalue weighted by Crippen LogP contribution is 2.40. The van der Waals surface area contributed by atoms with E-state index in [0.717, 1.165) is 12.0 Å². The van der Waals surface area contributed by atoms with Crippen molar-refractivity contribution in [2.45, 2.75) is 31.8 Å². The van der Waals surface area contributed by atoms with E-state index in [0.29, 0.717) is 18.8 Å². The van der Waals surface area contributed by atoms with Crippen molar-refractivity contribution >= 4 is 11.6 Å². The van der Waals surface area contributed by atoms with Crippen LogP contribution in [0.5, 0.6) is 0 Å². The molecule has 4 heteroatoms. The predicted molar refractivity (Wildman–Crippen MR) is 56.6 cm³/mol. The molecule has 0 aromatic rings. The molecule has 2 fully saturated rings. The van der Waals surface area contributed by atoms with Crippen LogP contribution in [0.1, 0.15) is 19.8 Å². The molecule has 2 bridgehead atoms. The van der Waals surface area contributed by atoms with E-state index >= 15 is 0 Å². The van der Waals surface area contributed by atoms with Crippen LogP contribution in [0.15, 0.2) is 11.8 Å². The zero-order valence-corrected chi connectivity index (χ0v) is 9.23. The minimum atomic E-state index is -0.0351. The molecular weight excluding hydrogens is 206 g/mol. The molecule has 0 saturated carbocycles. The Bertz CT molecular complexity index is 388. The van der Waals surface area contributed by atoms with E-state index in [1.165, 1.54) is 0 Å². The Morgan fingerprint density at radius 1 is 1.56 bits per heavy atom. The number of Topliss-reactive ketones (excluding diaryl/α,β-unsaturated/α-hetero) is 2. The number of carbonyl (C=O) groups excluding carboxylic acids is 2. The molecule has 3 heterocycles. The Morgan fingerprint density at radius 3 is 3.12 bits per heavy atom. The molecule has 1 N–H and O–H groups in total. The van der Waals surface area contributed by atoms with E-state index in [9.17, 15) is 9.59 Å². The number of hydrogen-bond acceptors (Lipinski definition) is 4. The minimum absolute atomic E-state index is 0.0351. The van der Waals surface area contributed by atoms with Crippen molar-refractivity contribution in [2.24, 2.45) is 11.8 Å². The fraction of sp³-hybridized carbons (Fsp3) is 0.667. The van der Waals surface area contributed by atoms with E-state index in [4.69, 9.17) is 4.74 Å². The third-order valence-electron chi connectivity index (χ3n) is 4.05. The molecule has 4 atom stereocenters. The average molecular weight is 221 g/mol. The van der Waals surface area contributed by atoms with Gasteiger partial charge in [0.05, 0.1) is 18.9 Å². The van der Waals surface area contributed by atoms with Crippen LogP contribution >= 0.6 is 0 Å². The number of hydrogen-bond donors (Lipinski definition) is 1. The first-order valence-corrected chi connectivity index (χ1v) is 5.78. The Kier molecular flexibility index (Phi) is 2.14. The predicted octanol–water partition coefficient (Wildman–Crippen LogP) is 0.425. The summed E-state index contributed by atoms with van der Waals surface area (Å²) in [5.74, 6) is 0.867. The Labute approximate surface area is 94.0 Å². The number of nitrogens with one attached hydrogen (secondary N) is 1. The Morgan fingerprint density at radius 2 is 2.38 bits per heavy atom. The summed E-state index contributed by atoms with van der Waals surface area (Å²) in [4.78, 5) is 23.2. The lowest BCUT2D eigenvalue weighted by molar-refractivity contribution is -0.119. The number of fused-ring (bicyclic) bond motifs is 4. The van der Waals surface area contributed by atoms with E-state index in [-0.39, 0.29) is 29.7 Å². The molecule has 0 amide bonds.